The molecule has 1 aliphatic heterocycles. The molecule has 35 heavy (non-hydrogen) atoms. The molecule has 1 atom stereocenters. The summed E-state index contributed by atoms with van der Waals surface area (Å²) in [5.41, 5.74) is 5.72. The highest BCUT2D eigenvalue weighted by Crippen LogP contribution is 2.35. The average molecular weight is 484 g/mol. The Bertz CT molecular complexity index is 1120. The summed E-state index contributed by atoms with van der Waals surface area (Å²) in [7, 11) is 0. The summed E-state index contributed by atoms with van der Waals surface area (Å²) in [5.74, 6) is 0.0151. The van der Waals surface area contributed by atoms with Gasteiger partial charge in [-0.25, -0.2) is 4.79 Å². The first-order valence-electron chi connectivity index (χ1n) is 11.0. The quantitative estimate of drug-likeness (QED) is 0.207. The molecule has 1 aliphatic rings. The number of hydrogen-bond donors (Lipinski definition) is 5. The summed E-state index contributed by atoms with van der Waals surface area (Å²) in [6.07, 6.45) is -0.107. The van der Waals surface area contributed by atoms with Crippen LogP contribution in [0.1, 0.15) is 44.4 Å². The number of esters is 1. The molecule has 3 amide bonds. The van der Waals surface area contributed by atoms with E-state index in [9.17, 15) is 14.4 Å². The van der Waals surface area contributed by atoms with E-state index in [0.717, 1.165) is 0 Å². The zero-order valence-corrected chi connectivity index (χ0v) is 19.8. The van der Waals surface area contributed by atoms with Crippen LogP contribution >= 0.6 is 0 Å². The summed E-state index contributed by atoms with van der Waals surface area (Å²) >= 11 is 0. The SMILES string of the molecule is CCOC(=O)CC(NC(=O)C(C)(C)NC(=O)Nc1ccc(C(=N)N)cc1)c1ccc2c(c1)OCO2. The molecule has 0 spiro atoms. The van der Waals surface area contributed by atoms with Crippen molar-refractivity contribution < 1.29 is 28.6 Å². The number of urea groups is 1. The number of nitrogens with one attached hydrogen (secondary N) is 4. The molecule has 0 radical (unpaired) electrons. The summed E-state index contributed by atoms with van der Waals surface area (Å²) in [6.45, 7) is 5.09. The molecule has 1 heterocycles. The van der Waals surface area contributed by atoms with Gasteiger partial charge in [0.15, 0.2) is 11.5 Å². The molecule has 0 aliphatic carbocycles. The van der Waals surface area contributed by atoms with Gasteiger partial charge < -0.3 is 35.9 Å². The van der Waals surface area contributed by atoms with Gasteiger partial charge in [-0.15, -0.1) is 0 Å². The Morgan fingerprint density at radius 2 is 1.80 bits per heavy atom. The van der Waals surface area contributed by atoms with E-state index in [-0.39, 0.29) is 25.7 Å². The number of carbonyl (C=O) groups excluding carboxylic acids is 3. The van der Waals surface area contributed by atoms with Crippen molar-refractivity contribution >= 4 is 29.4 Å². The number of amides is 3. The second-order valence-corrected chi connectivity index (χ2v) is 8.34. The molecule has 6 N–H and O–H groups in total. The fourth-order valence-corrected chi connectivity index (χ4v) is 3.34. The Labute approximate surface area is 202 Å². The van der Waals surface area contributed by atoms with Crippen LogP contribution in [0.4, 0.5) is 10.5 Å². The van der Waals surface area contributed by atoms with Gasteiger partial charge in [-0.2, -0.15) is 0 Å². The van der Waals surface area contributed by atoms with Gasteiger partial charge >= 0.3 is 12.0 Å². The molecular formula is C24H29N5O6. The zero-order chi connectivity index (χ0) is 25.6. The minimum absolute atomic E-state index is 0.0846. The first-order chi connectivity index (χ1) is 16.6. The molecule has 0 bridgehead atoms. The molecule has 3 rings (SSSR count). The van der Waals surface area contributed by atoms with Gasteiger partial charge in [0.1, 0.15) is 11.4 Å². The van der Waals surface area contributed by atoms with Crippen molar-refractivity contribution in [3.63, 3.8) is 0 Å². The maximum Gasteiger partial charge on any atom is 0.320 e. The highest BCUT2D eigenvalue weighted by molar-refractivity contribution is 5.97. The lowest BCUT2D eigenvalue weighted by atomic mass is 9.99. The second kappa shape index (κ2) is 10.8. The summed E-state index contributed by atoms with van der Waals surface area (Å²) in [6, 6.07) is 10.2. The van der Waals surface area contributed by atoms with Crippen LogP contribution in [-0.4, -0.2) is 42.7 Å². The maximum atomic E-state index is 13.1. The minimum Gasteiger partial charge on any atom is -0.466 e. The molecule has 0 saturated carbocycles. The number of rotatable bonds is 9. The molecule has 2 aromatic rings. The smallest absolute Gasteiger partial charge is 0.320 e. The monoisotopic (exact) mass is 483 g/mol. The second-order valence-electron chi connectivity index (χ2n) is 8.34. The van der Waals surface area contributed by atoms with Gasteiger partial charge in [-0.3, -0.25) is 15.0 Å². The van der Waals surface area contributed by atoms with Crippen LogP contribution in [0, 0.1) is 5.41 Å². The summed E-state index contributed by atoms with van der Waals surface area (Å²) in [5, 5.41) is 15.5. The molecule has 11 heteroatoms. The molecule has 0 fully saturated rings. The van der Waals surface area contributed by atoms with E-state index in [1.165, 1.54) is 0 Å². The van der Waals surface area contributed by atoms with E-state index in [4.69, 9.17) is 25.4 Å². The van der Waals surface area contributed by atoms with Gasteiger partial charge in [0.2, 0.25) is 12.7 Å². The number of carbonyl (C=O) groups is 3. The third-order valence-electron chi connectivity index (χ3n) is 5.23. The zero-order valence-electron chi connectivity index (χ0n) is 19.8. The fourth-order valence-electron chi connectivity index (χ4n) is 3.34. The predicted octanol–water partition coefficient (Wildman–Crippen LogP) is 2.41. The Balaban J connectivity index is 1.69. The van der Waals surface area contributed by atoms with E-state index < -0.39 is 29.5 Å². The van der Waals surface area contributed by atoms with E-state index in [0.29, 0.717) is 28.3 Å². The van der Waals surface area contributed by atoms with Gasteiger partial charge in [-0.05, 0) is 62.7 Å². The fraction of sp³-hybridized carbons (Fsp3) is 0.333. The van der Waals surface area contributed by atoms with Crippen LogP contribution < -0.4 is 31.2 Å². The van der Waals surface area contributed by atoms with Gasteiger partial charge in [0, 0.05) is 11.3 Å². The van der Waals surface area contributed by atoms with Crippen LogP contribution in [0.15, 0.2) is 42.5 Å². The predicted molar refractivity (Wildman–Crippen MR) is 128 cm³/mol. The third-order valence-corrected chi connectivity index (χ3v) is 5.23. The lowest BCUT2D eigenvalue weighted by Gasteiger charge is -2.28. The average Bonchev–Trinajstić information content (AvgIpc) is 3.26. The Morgan fingerprint density at radius 1 is 1.11 bits per heavy atom. The molecule has 2 aromatic carbocycles. The Hall–Kier alpha value is -4.28. The van der Waals surface area contributed by atoms with Crippen LogP contribution in [0.5, 0.6) is 11.5 Å². The topological polar surface area (TPSA) is 165 Å². The maximum absolute atomic E-state index is 13.1. The number of fused-ring (bicyclic) bond motifs is 1. The Morgan fingerprint density at radius 3 is 2.46 bits per heavy atom. The number of ether oxygens (including phenoxy) is 3. The van der Waals surface area contributed by atoms with Crippen LogP contribution in [0.2, 0.25) is 0 Å². The lowest BCUT2D eigenvalue weighted by Crippen LogP contribution is -2.56. The standard InChI is InChI=1S/C24H29N5O6/c1-4-33-20(30)12-17(15-7-10-18-19(11-15)35-13-34-18)28-22(31)24(2,3)29-23(32)27-16-8-5-14(6-9-16)21(25)26/h5-11,17H,4,12-13H2,1-3H3,(H3,25,26)(H,28,31)(H2,27,29,32). The van der Waals surface area contributed by atoms with E-state index >= 15 is 0 Å². The number of anilines is 1. The van der Waals surface area contributed by atoms with E-state index in [1.807, 2.05) is 0 Å². The van der Waals surface area contributed by atoms with Crippen molar-refractivity contribution in [1.82, 2.24) is 10.6 Å². The van der Waals surface area contributed by atoms with Crippen LogP contribution in [-0.2, 0) is 14.3 Å². The summed E-state index contributed by atoms with van der Waals surface area (Å²) < 4.78 is 15.8. The molecule has 11 nitrogen and oxygen atoms in total. The number of hydrogen-bond acceptors (Lipinski definition) is 7. The third kappa shape index (κ3) is 6.62. The largest absolute Gasteiger partial charge is 0.466 e. The van der Waals surface area contributed by atoms with Crippen molar-refractivity contribution in [3.8, 4) is 11.5 Å². The van der Waals surface area contributed by atoms with Gasteiger partial charge in [-0.1, -0.05) is 6.07 Å². The van der Waals surface area contributed by atoms with Crippen molar-refractivity contribution in [2.75, 3.05) is 18.7 Å². The Kier molecular flexibility index (Phi) is 7.80. The minimum atomic E-state index is -1.33. The number of benzene rings is 2. The highest BCUT2D eigenvalue weighted by Gasteiger charge is 2.33. The number of nitrogens with two attached hydrogens (primary N) is 1. The normalized spacial score (nSPS) is 12.9. The first-order valence-corrected chi connectivity index (χ1v) is 11.0. The van der Waals surface area contributed by atoms with Gasteiger partial charge in [0.05, 0.1) is 19.1 Å². The molecular weight excluding hydrogens is 454 g/mol. The van der Waals surface area contributed by atoms with Gasteiger partial charge in [0.25, 0.3) is 0 Å². The highest BCUT2D eigenvalue weighted by atomic mass is 16.7. The number of nitrogen functional groups attached to an aromatic ring is 1. The van der Waals surface area contributed by atoms with Crippen LogP contribution in [0.3, 0.4) is 0 Å². The summed E-state index contributed by atoms with van der Waals surface area (Å²) in [4.78, 5) is 37.9. The van der Waals surface area contributed by atoms with E-state index in [1.54, 1.807) is 63.2 Å². The molecule has 0 saturated heterocycles. The molecule has 0 aromatic heterocycles. The number of amidine groups is 1. The molecule has 186 valence electrons. The van der Waals surface area contributed by atoms with Crippen molar-refractivity contribution in [1.29, 1.82) is 5.41 Å². The lowest BCUT2D eigenvalue weighted by molar-refractivity contribution is -0.144. The van der Waals surface area contributed by atoms with Crippen LogP contribution in [0.25, 0.3) is 0 Å². The van der Waals surface area contributed by atoms with Crippen molar-refractivity contribution in [2.45, 2.75) is 38.8 Å². The van der Waals surface area contributed by atoms with Crippen molar-refractivity contribution in [3.05, 3.63) is 53.6 Å². The van der Waals surface area contributed by atoms with Crippen molar-refractivity contribution in [2.24, 2.45) is 5.73 Å². The van der Waals surface area contributed by atoms with E-state index in [2.05, 4.69) is 16.0 Å². The first kappa shape index (κ1) is 25.3. The molecule has 1 unspecified atom stereocenters.